The minimum Gasteiger partial charge on any atom is -0.491 e. The molecule has 1 atom stereocenters. The van der Waals surface area contributed by atoms with E-state index in [-0.39, 0.29) is 24.9 Å². The van der Waals surface area contributed by atoms with Gasteiger partial charge in [0.1, 0.15) is 11.9 Å². The molecule has 6 heteroatoms. The molecular weight excluding hydrogens is 324 g/mol. The van der Waals surface area contributed by atoms with E-state index >= 15 is 0 Å². The van der Waals surface area contributed by atoms with Crippen molar-refractivity contribution in [2.75, 3.05) is 19.8 Å². The van der Waals surface area contributed by atoms with Crippen LogP contribution >= 0.6 is 0 Å². The van der Waals surface area contributed by atoms with Gasteiger partial charge < -0.3 is 18.9 Å². The topological polar surface area (TPSA) is 71.1 Å². The van der Waals surface area contributed by atoms with Crippen LogP contribution in [0, 0.1) is 0 Å². The predicted octanol–water partition coefficient (Wildman–Crippen LogP) is 2.76. The standard InChI is InChI=1S/C19H24O6/c1-3-23-18(20)17(19(21)24-4-2)16-11-10-15(25-16)13-22-12-14-8-6-5-7-9-14/h5-9,15H,3-4,10-13H2,1-2H3/t15-/m1/s1. The first kappa shape index (κ1) is 19.0. The molecule has 1 aromatic rings. The summed E-state index contributed by atoms with van der Waals surface area (Å²) >= 11 is 0. The fraction of sp³-hybridized carbons (Fsp3) is 0.474. The number of benzene rings is 1. The van der Waals surface area contributed by atoms with Gasteiger partial charge >= 0.3 is 11.9 Å². The van der Waals surface area contributed by atoms with Gasteiger partial charge in [0, 0.05) is 6.42 Å². The highest BCUT2D eigenvalue weighted by Crippen LogP contribution is 2.27. The molecule has 1 saturated heterocycles. The fourth-order valence-electron chi connectivity index (χ4n) is 2.51. The summed E-state index contributed by atoms with van der Waals surface area (Å²) in [6, 6.07) is 9.83. The zero-order valence-electron chi connectivity index (χ0n) is 14.7. The number of hydrogen-bond acceptors (Lipinski definition) is 6. The number of allylic oxidation sites excluding steroid dienone is 1. The highest BCUT2D eigenvalue weighted by Gasteiger charge is 2.32. The summed E-state index contributed by atoms with van der Waals surface area (Å²) in [7, 11) is 0. The zero-order valence-corrected chi connectivity index (χ0v) is 14.7. The second kappa shape index (κ2) is 9.84. The third-order valence-electron chi connectivity index (χ3n) is 3.66. The molecule has 0 spiro atoms. The van der Waals surface area contributed by atoms with Crippen LogP contribution in [0.25, 0.3) is 0 Å². The van der Waals surface area contributed by atoms with E-state index in [2.05, 4.69) is 0 Å². The fourth-order valence-corrected chi connectivity index (χ4v) is 2.51. The maximum Gasteiger partial charge on any atom is 0.349 e. The lowest BCUT2D eigenvalue weighted by Crippen LogP contribution is -2.21. The molecule has 1 aliphatic heterocycles. The molecule has 0 amide bonds. The Hall–Kier alpha value is -2.34. The van der Waals surface area contributed by atoms with Crippen LogP contribution in [0.3, 0.4) is 0 Å². The monoisotopic (exact) mass is 348 g/mol. The lowest BCUT2D eigenvalue weighted by molar-refractivity contribution is -0.147. The second-order valence-corrected chi connectivity index (χ2v) is 5.52. The summed E-state index contributed by atoms with van der Waals surface area (Å²) in [4.78, 5) is 24.1. The lowest BCUT2D eigenvalue weighted by atomic mass is 10.1. The van der Waals surface area contributed by atoms with Crippen LogP contribution in [0.2, 0.25) is 0 Å². The molecule has 0 aromatic heterocycles. The van der Waals surface area contributed by atoms with E-state index in [4.69, 9.17) is 18.9 Å². The van der Waals surface area contributed by atoms with E-state index < -0.39 is 11.9 Å². The van der Waals surface area contributed by atoms with Crippen LogP contribution in [0.15, 0.2) is 41.7 Å². The minimum absolute atomic E-state index is 0.144. The first-order chi connectivity index (χ1) is 12.2. The number of esters is 2. The Kier molecular flexibility index (Phi) is 7.47. The van der Waals surface area contributed by atoms with Crippen molar-refractivity contribution in [3.05, 3.63) is 47.2 Å². The molecule has 1 heterocycles. The second-order valence-electron chi connectivity index (χ2n) is 5.52. The van der Waals surface area contributed by atoms with Gasteiger partial charge in [-0.2, -0.15) is 0 Å². The molecular formula is C19H24O6. The minimum atomic E-state index is -0.707. The maximum atomic E-state index is 12.1. The van der Waals surface area contributed by atoms with E-state index in [1.165, 1.54) is 0 Å². The van der Waals surface area contributed by atoms with Crippen LogP contribution in [0.4, 0.5) is 0 Å². The predicted molar refractivity (Wildman–Crippen MR) is 90.5 cm³/mol. The molecule has 1 aliphatic rings. The molecule has 136 valence electrons. The van der Waals surface area contributed by atoms with Gasteiger partial charge in [0.25, 0.3) is 0 Å². The molecule has 0 N–H and O–H groups in total. The molecule has 0 saturated carbocycles. The van der Waals surface area contributed by atoms with E-state index in [1.807, 2.05) is 30.3 Å². The molecule has 1 fully saturated rings. The van der Waals surface area contributed by atoms with Crippen LogP contribution in [-0.4, -0.2) is 37.9 Å². The molecule has 0 unspecified atom stereocenters. The Balaban J connectivity index is 1.95. The zero-order chi connectivity index (χ0) is 18.1. The third kappa shape index (κ3) is 5.60. The third-order valence-corrected chi connectivity index (χ3v) is 3.66. The van der Waals surface area contributed by atoms with E-state index in [0.717, 1.165) is 5.56 Å². The van der Waals surface area contributed by atoms with Crippen LogP contribution in [0.5, 0.6) is 0 Å². The van der Waals surface area contributed by atoms with Crippen molar-refractivity contribution >= 4 is 11.9 Å². The van der Waals surface area contributed by atoms with Gasteiger partial charge in [-0.1, -0.05) is 30.3 Å². The van der Waals surface area contributed by atoms with Crippen LogP contribution < -0.4 is 0 Å². The average molecular weight is 348 g/mol. The van der Waals surface area contributed by atoms with Crippen LogP contribution in [0.1, 0.15) is 32.3 Å². The summed E-state index contributed by atoms with van der Waals surface area (Å²) in [5.41, 5.74) is 0.934. The molecule has 25 heavy (non-hydrogen) atoms. The van der Waals surface area contributed by atoms with Gasteiger partial charge in [-0.05, 0) is 25.8 Å². The number of hydrogen-bond donors (Lipinski definition) is 0. The smallest absolute Gasteiger partial charge is 0.349 e. The Morgan fingerprint density at radius 3 is 2.32 bits per heavy atom. The first-order valence-electron chi connectivity index (χ1n) is 8.51. The Bertz CT molecular complexity index is 588. The van der Waals surface area contributed by atoms with Gasteiger partial charge in [0.15, 0.2) is 5.57 Å². The Labute approximate surface area is 147 Å². The van der Waals surface area contributed by atoms with E-state index in [1.54, 1.807) is 13.8 Å². The van der Waals surface area contributed by atoms with Crippen molar-refractivity contribution in [2.24, 2.45) is 0 Å². The van der Waals surface area contributed by atoms with Gasteiger partial charge in [-0.25, -0.2) is 9.59 Å². The number of rotatable bonds is 8. The Morgan fingerprint density at radius 1 is 1.08 bits per heavy atom. The number of carbonyl (C=O) groups excluding carboxylic acids is 2. The molecule has 0 radical (unpaired) electrons. The average Bonchev–Trinajstić information content (AvgIpc) is 3.05. The van der Waals surface area contributed by atoms with Crippen molar-refractivity contribution < 1.29 is 28.5 Å². The Morgan fingerprint density at radius 2 is 1.72 bits per heavy atom. The molecule has 2 rings (SSSR count). The van der Waals surface area contributed by atoms with Gasteiger partial charge in [0.05, 0.1) is 26.4 Å². The van der Waals surface area contributed by atoms with Crippen molar-refractivity contribution in [1.29, 1.82) is 0 Å². The van der Waals surface area contributed by atoms with E-state index in [0.29, 0.717) is 31.8 Å². The summed E-state index contributed by atoms with van der Waals surface area (Å²) in [5, 5.41) is 0. The summed E-state index contributed by atoms with van der Waals surface area (Å²) in [6.07, 6.45) is 0.955. The molecule has 1 aromatic carbocycles. The number of ether oxygens (including phenoxy) is 4. The highest BCUT2D eigenvalue weighted by molar-refractivity contribution is 6.14. The highest BCUT2D eigenvalue weighted by atomic mass is 16.6. The lowest BCUT2D eigenvalue weighted by Gasteiger charge is -2.13. The van der Waals surface area contributed by atoms with Gasteiger partial charge in [-0.3, -0.25) is 0 Å². The van der Waals surface area contributed by atoms with E-state index in [9.17, 15) is 9.59 Å². The maximum absolute atomic E-state index is 12.1. The van der Waals surface area contributed by atoms with Crippen LogP contribution in [-0.2, 0) is 35.1 Å². The molecule has 6 nitrogen and oxygen atoms in total. The van der Waals surface area contributed by atoms with Gasteiger partial charge in [0.2, 0.25) is 0 Å². The summed E-state index contributed by atoms with van der Waals surface area (Å²) in [5.74, 6) is -1.09. The largest absolute Gasteiger partial charge is 0.491 e. The van der Waals surface area contributed by atoms with Crippen molar-refractivity contribution in [3.63, 3.8) is 0 Å². The summed E-state index contributed by atoms with van der Waals surface area (Å²) in [6.45, 7) is 4.60. The SMILES string of the molecule is CCOC(=O)C(C(=O)OCC)=C1CC[C@H](COCc2ccccc2)O1. The first-order valence-corrected chi connectivity index (χ1v) is 8.51. The molecule has 0 bridgehead atoms. The van der Waals surface area contributed by atoms with Gasteiger partial charge in [-0.15, -0.1) is 0 Å². The quantitative estimate of drug-likeness (QED) is 0.311. The van der Waals surface area contributed by atoms with Crippen molar-refractivity contribution in [1.82, 2.24) is 0 Å². The normalized spacial score (nSPS) is 16.2. The number of carbonyl (C=O) groups is 2. The van der Waals surface area contributed by atoms with Crippen molar-refractivity contribution in [3.8, 4) is 0 Å². The summed E-state index contributed by atoms with van der Waals surface area (Å²) < 4.78 is 21.3. The molecule has 0 aliphatic carbocycles. The van der Waals surface area contributed by atoms with Crippen molar-refractivity contribution in [2.45, 2.75) is 39.4 Å².